The minimum atomic E-state index is 0.505. The van der Waals surface area contributed by atoms with Crippen LogP contribution in [0, 0.1) is 0 Å². The molecule has 0 aliphatic carbocycles. The number of hydrogen-bond donors (Lipinski definition) is 2. The summed E-state index contributed by atoms with van der Waals surface area (Å²) < 4.78 is 0. The molecule has 0 amide bonds. The van der Waals surface area contributed by atoms with Crippen LogP contribution in [0.4, 0.5) is 0 Å². The molecule has 0 bridgehead atoms. The molecule has 1 heterocycles. The van der Waals surface area contributed by atoms with Gasteiger partial charge in [0.15, 0.2) is 5.96 Å². The number of piperidine rings is 1. The molecular formula is C23H39N5. The molecule has 1 fully saturated rings. The summed E-state index contributed by atoms with van der Waals surface area (Å²) in [5.74, 6) is 0.927. The van der Waals surface area contributed by atoms with Crippen LogP contribution in [0.2, 0.25) is 0 Å². The summed E-state index contributed by atoms with van der Waals surface area (Å²) in [6, 6.07) is 11.7. The lowest BCUT2D eigenvalue weighted by molar-refractivity contribution is 0.220. The number of nitrogens with one attached hydrogen (secondary N) is 2. The standard InChI is InChI=1S/C23H39N5/c1-19(2)17-28-15-12-22(13-16-28)26-23(24-4)25-14-11-20(3)27(5)18-21-9-7-6-8-10-21/h6-10,20,22H,1,11-18H2,2-5H3,(H2,24,25,26). The summed E-state index contributed by atoms with van der Waals surface area (Å²) in [4.78, 5) is 9.31. The van der Waals surface area contributed by atoms with Crippen molar-refractivity contribution in [3.05, 3.63) is 48.0 Å². The van der Waals surface area contributed by atoms with Crippen molar-refractivity contribution in [1.29, 1.82) is 0 Å². The van der Waals surface area contributed by atoms with E-state index in [2.05, 4.69) is 83.2 Å². The molecule has 28 heavy (non-hydrogen) atoms. The van der Waals surface area contributed by atoms with Crippen molar-refractivity contribution in [2.45, 2.75) is 51.7 Å². The van der Waals surface area contributed by atoms with Gasteiger partial charge < -0.3 is 10.6 Å². The van der Waals surface area contributed by atoms with E-state index in [1.165, 1.54) is 11.1 Å². The second-order valence-corrected chi connectivity index (χ2v) is 8.19. The Balaban J connectivity index is 1.66. The predicted octanol–water partition coefficient (Wildman–Crippen LogP) is 3.10. The van der Waals surface area contributed by atoms with Crippen molar-refractivity contribution in [1.82, 2.24) is 20.4 Å². The van der Waals surface area contributed by atoms with Gasteiger partial charge in [0, 0.05) is 51.9 Å². The van der Waals surface area contributed by atoms with Crippen molar-refractivity contribution in [3.63, 3.8) is 0 Å². The van der Waals surface area contributed by atoms with Gasteiger partial charge in [-0.3, -0.25) is 14.8 Å². The fourth-order valence-corrected chi connectivity index (χ4v) is 3.65. The van der Waals surface area contributed by atoms with Gasteiger partial charge in [-0.15, -0.1) is 0 Å². The number of guanidine groups is 1. The average molecular weight is 386 g/mol. The molecule has 0 radical (unpaired) electrons. The highest BCUT2D eigenvalue weighted by molar-refractivity contribution is 5.79. The van der Waals surface area contributed by atoms with Crippen LogP contribution in [0.1, 0.15) is 38.7 Å². The van der Waals surface area contributed by atoms with Gasteiger partial charge in [0.25, 0.3) is 0 Å². The number of nitrogens with zero attached hydrogens (tertiary/aromatic N) is 3. The van der Waals surface area contributed by atoms with E-state index in [0.717, 1.165) is 57.9 Å². The van der Waals surface area contributed by atoms with Crippen LogP contribution in [0.25, 0.3) is 0 Å². The lowest BCUT2D eigenvalue weighted by Gasteiger charge is -2.33. The van der Waals surface area contributed by atoms with Crippen LogP contribution in [0.3, 0.4) is 0 Å². The van der Waals surface area contributed by atoms with Crippen LogP contribution in [-0.2, 0) is 6.54 Å². The monoisotopic (exact) mass is 385 g/mol. The van der Waals surface area contributed by atoms with Crippen molar-refractivity contribution in [2.24, 2.45) is 4.99 Å². The van der Waals surface area contributed by atoms with Crippen LogP contribution in [-0.4, -0.2) is 68.1 Å². The zero-order valence-electron chi connectivity index (χ0n) is 18.2. The minimum absolute atomic E-state index is 0.505. The summed E-state index contributed by atoms with van der Waals surface area (Å²) in [7, 11) is 4.06. The molecule has 1 aliphatic heterocycles. The summed E-state index contributed by atoms with van der Waals surface area (Å²) >= 11 is 0. The number of likely N-dealkylation sites (tertiary alicyclic amines) is 1. The van der Waals surface area contributed by atoms with E-state index >= 15 is 0 Å². The smallest absolute Gasteiger partial charge is 0.191 e. The minimum Gasteiger partial charge on any atom is -0.356 e. The maximum Gasteiger partial charge on any atom is 0.191 e. The van der Waals surface area contributed by atoms with E-state index in [9.17, 15) is 0 Å². The highest BCUT2D eigenvalue weighted by atomic mass is 15.2. The van der Waals surface area contributed by atoms with Gasteiger partial charge in [-0.2, -0.15) is 0 Å². The molecule has 1 aliphatic rings. The van der Waals surface area contributed by atoms with Gasteiger partial charge in [0.2, 0.25) is 0 Å². The first-order chi connectivity index (χ1) is 13.5. The average Bonchev–Trinajstić information content (AvgIpc) is 2.68. The summed E-state index contributed by atoms with van der Waals surface area (Å²) in [5, 5.41) is 7.09. The van der Waals surface area contributed by atoms with Gasteiger partial charge in [0.05, 0.1) is 0 Å². The maximum absolute atomic E-state index is 4.41. The van der Waals surface area contributed by atoms with Crippen LogP contribution in [0.15, 0.2) is 47.5 Å². The third kappa shape index (κ3) is 8.03. The first-order valence-electron chi connectivity index (χ1n) is 10.6. The van der Waals surface area contributed by atoms with Gasteiger partial charge in [-0.1, -0.05) is 42.5 Å². The van der Waals surface area contributed by atoms with Gasteiger partial charge in [-0.05, 0) is 45.7 Å². The third-order valence-electron chi connectivity index (χ3n) is 5.53. The predicted molar refractivity (Wildman–Crippen MR) is 121 cm³/mol. The van der Waals surface area contributed by atoms with Crippen LogP contribution in [0.5, 0.6) is 0 Å². The molecule has 5 heteroatoms. The molecule has 156 valence electrons. The molecule has 0 aromatic heterocycles. The molecule has 0 saturated carbocycles. The van der Waals surface area contributed by atoms with E-state index in [1.807, 2.05) is 7.05 Å². The molecule has 5 nitrogen and oxygen atoms in total. The van der Waals surface area contributed by atoms with Gasteiger partial charge in [-0.25, -0.2) is 0 Å². The van der Waals surface area contributed by atoms with E-state index < -0.39 is 0 Å². The van der Waals surface area contributed by atoms with Crippen molar-refractivity contribution >= 4 is 5.96 Å². The van der Waals surface area contributed by atoms with Crippen molar-refractivity contribution < 1.29 is 0 Å². The van der Waals surface area contributed by atoms with Crippen molar-refractivity contribution in [3.8, 4) is 0 Å². The third-order valence-corrected chi connectivity index (χ3v) is 5.53. The zero-order chi connectivity index (χ0) is 20.4. The largest absolute Gasteiger partial charge is 0.356 e. The lowest BCUT2D eigenvalue weighted by atomic mass is 10.0. The van der Waals surface area contributed by atoms with E-state index in [0.29, 0.717) is 12.1 Å². The Labute approximate surface area is 171 Å². The van der Waals surface area contributed by atoms with E-state index in [1.54, 1.807) is 0 Å². The molecular weight excluding hydrogens is 346 g/mol. The van der Waals surface area contributed by atoms with Crippen LogP contribution < -0.4 is 10.6 Å². The highest BCUT2D eigenvalue weighted by Crippen LogP contribution is 2.11. The molecule has 1 aromatic carbocycles. The Bertz CT molecular complexity index is 605. The van der Waals surface area contributed by atoms with Gasteiger partial charge >= 0.3 is 0 Å². The SMILES string of the molecule is C=C(C)CN1CCC(NC(=NC)NCCC(C)N(C)Cc2ccccc2)CC1. The zero-order valence-corrected chi connectivity index (χ0v) is 18.2. The molecule has 1 saturated heterocycles. The summed E-state index contributed by atoms with van der Waals surface area (Å²) in [6.07, 6.45) is 3.40. The molecule has 0 spiro atoms. The summed E-state index contributed by atoms with van der Waals surface area (Å²) in [6.45, 7) is 13.6. The number of rotatable bonds is 9. The second-order valence-electron chi connectivity index (χ2n) is 8.19. The lowest BCUT2D eigenvalue weighted by Crippen LogP contribution is -2.49. The fourth-order valence-electron chi connectivity index (χ4n) is 3.65. The first kappa shape index (κ1) is 22.4. The first-order valence-corrected chi connectivity index (χ1v) is 10.6. The number of benzene rings is 1. The second kappa shape index (κ2) is 11.9. The van der Waals surface area contributed by atoms with Crippen molar-refractivity contribution in [2.75, 3.05) is 40.3 Å². The topological polar surface area (TPSA) is 42.9 Å². The molecule has 1 atom stereocenters. The maximum atomic E-state index is 4.41. The van der Waals surface area contributed by atoms with E-state index in [4.69, 9.17) is 0 Å². The molecule has 2 rings (SSSR count). The molecule has 2 N–H and O–H groups in total. The Hall–Kier alpha value is -1.85. The quantitative estimate of drug-likeness (QED) is 0.389. The Morgan fingerprint density at radius 3 is 2.57 bits per heavy atom. The highest BCUT2D eigenvalue weighted by Gasteiger charge is 2.19. The molecule has 1 aromatic rings. The molecule has 1 unspecified atom stereocenters. The Kier molecular flexibility index (Phi) is 9.51. The Morgan fingerprint density at radius 2 is 1.96 bits per heavy atom. The normalized spacial score (nSPS) is 17.5. The summed E-state index contributed by atoms with van der Waals surface area (Å²) in [5.41, 5.74) is 2.61. The Morgan fingerprint density at radius 1 is 1.29 bits per heavy atom. The number of aliphatic imine (C=N–C) groups is 1. The van der Waals surface area contributed by atoms with E-state index in [-0.39, 0.29) is 0 Å². The van der Waals surface area contributed by atoms with Gasteiger partial charge in [0.1, 0.15) is 0 Å². The van der Waals surface area contributed by atoms with Crippen LogP contribution >= 0.6 is 0 Å². The number of hydrogen-bond acceptors (Lipinski definition) is 3. The fraction of sp³-hybridized carbons (Fsp3) is 0.609.